The number of hydrogen-bond donors (Lipinski definition) is 1. The summed E-state index contributed by atoms with van der Waals surface area (Å²) in [6.07, 6.45) is -5.81. The lowest BCUT2D eigenvalue weighted by Gasteiger charge is -2.26. The van der Waals surface area contributed by atoms with Crippen LogP contribution in [0.1, 0.15) is 25.5 Å². The zero-order chi connectivity index (χ0) is 14.8. The summed E-state index contributed by atoms with van der Waals surface area (Å²) in [5, 5.41) is 0. The Morgan fingerprint density at radius 1 is 1.00 bits per heavy atom. The van der Waals surface area contributed by atoms with Gasteiger partial charge in [-0.05, 0) is 31.5 Å². The molecule has 1 aromatic carbocycles. The van der Waals surface area contributed by atoms with Crippen LogP contribution in [0.2, 0.25) is 0 Å². The third-order valence-corrected chi connectivity index (χ3v) is 2.38. The van der Waals surface area contributed by atoms with Gasteiger partial charge in [-0.3, -0.25) is 0 Å². The van der Waals surface area contributed by atoms with Crippen molar-refractivity contribution in [1.82, 2.24) is 0 Å². The van der Waals surface area contributed by atoms with E-state index in [1.54, 1.807) is 13.8 Å². The van der Waals surface area contributed by atoms with E-state index in [4.69, 9.17) is 10.5 Å². The lowest BCUT2D eigenvalue weighted by Crippen LogP contribution is -2.45. The van der Waals surface area contributed by atoms with Gasteiger partial charge >= 0.3 is 12.1 Å². The van der Waals surface area contributed by atoms with Crippen LogP contribution < -0.4 is 10.5 Å². The zero-order valence-electron chi connectivity index (χ0n) is 10.3. The molecule has 7 heteroatoms. The lowest BCUT2D eigenvalue weighted by molar-refractivity contribution is -0.291. The minimum Gasteiger partial charge on any atom is -0.491 e. The van der Waals surface area contributed by atoms with E-state index < -0.39 is 18.1 Å². The number of hydrogen-bond acceptors (Lipinski definition) is 2. The largest absolute Gasteiger partial charge is 0.491 e. The van der Waals surface area contributed by atoms with Crippen LogP contribution in [0, 0.1) is 0 Å². The molecule has 0 aliphatic carbocycles. The van der Waals surface area contributed by atoms with Crippen LogP contribution in [0.5, 0.6) is 5.75 Å². The highest BCUT2D eigenvalue weighted by atomic mass is 19.4. The maximum Gasteiger partial charge on any atom is 0.455 e. The molecular formula is C12H14F5NO. The van der Waals surface area contributed by atoms with Crippen molar-refractivity contribution >= 4 is 0 Å². The summed E-state index contributed by atoms with van der Waals surface area (Å²) in [4.78, 5) is 0. The van der Waals surface area contributed by atoms with Gasteiger partial charge in [0.1, 0.15) is 11.8 Å². The summed E-state index contributed by atoms with van der Waals surface area (Å²) in [7, 11) is 0. The standard InChI is InChI=1S/C12H14F5NO/c1-7(2)19-9-5-3-8(4-6-9)10(18)11(13,14)12(15,16)17/h3-7,10H,18H2,1-2H3. The maximum absolute atomic E-state index is 13.0. The van der Waals surface area contributed by atoms with Gasteiger partial charge < -0.3 is 10.5 Å². The molecule has 0 heterocycles. The van der Waals surface area contributed by atoms with Gasteiger partial charge in [-0.15, -0.1) is 0 Å². The van der Waals surface area contributed by atoms with Gasteiger partial charge in [0.05, 0.1) is 6.10 Å². The smallest absolute Gasteiger partial charge is 0.455 e. The quantitative estimate of drug-likeness (QED) is 0.856. The Morgan fingerprint density at radius 3 is 1.84 bits per heavy atom. The molecule has 0 radical (unpaired) electrons. The van der Waals surface area contributed by atoms with E-state index in [0.717, 1.165) is 12.1 Å². The molecule has 0 saturated carbocycles. The molecular weight excluding hydrogens is 269 g/mol. The molecule has 1 unspecified atom stereocenters. The third-order valence-electron chi connectivity index (χ3n) is 2.38. The molecule has 0 fully saturated rings. The Morgan fingerprint density at radius 2 is 1.47 bits per heavy atom. The summed E-state index contributed by atoms with van der Waals surface area (Å²) >= 11 is 0. The van der Waals surface area contributed by atoms with Crippen LogP contribution in [0.15, 0.2) is 24.3 Å². The molecule has 0 aliphatic heterocycles. The second-order valence-corrected chi connectivity index (χ2v) is 4.33. The Labute approximate surface area is 107 Å². The van der Waals surface area contributed by atoms with Gasteiger partial charge in [-0.2, -0.15) is 22.0 Å². The van der Waals surface area contributed by atoms with Crippen molar-refractivity contribution < 1.29 is 26.7 Å². The average Bonchev–Trinajstić information content (AvgIpc) is 2.26. The first-order chi connectivity index (χ1) is 8.55. The van der Waals surface area contributed by atoms with Crippen LogP contribution >= 0.6 is 0 Å². The summed E-state index contributed by atoms with van der Waals surface area (Å²) in [5.74, 6) is -4.60. The lowest BCUT2D eigenvalue weighted by atomic mass is 10.0. The van der Waals surface area contributed by atoms with E-state index in [9.17, 15) is 22.0 Å². The molecule has 108 valence electrons. The van der Waals surface area contributed by atoms with Gasteiger partial charge in [0.2, 0.25) is 0 Å². The molecule has 0 saturated heterocycles. The molecule has 0 aromatic heterocycles. The minimum absolute atomic E-state index is 0.129. The number of halogens is 5. The molecule has 1 atom stereocenters. The van der Waals surface area contributed by atoms with Crippen molar-refractivity contribution in [1.29, 1.82) is 0 Å². The Bertz CT molecular complexity index is 413. The Hall–Kier alpha value is -1.37. The van der Waals surface area contributed by atoms with E-state index in [-0.39, 0.29) is 11.7 Å². The zero-order valence-corrected chi connectivity index (χ0v) is 10.3. The van der Waals surface area contributed by atoms with Crippen molar-refractivity contribution in [3.05, 3.63) is 29.8 Å². The van der Waals surface area contributed by atoms with Crippen molar-refractivity contribution in [3.8, 4) is 5.75 Å². The summed E-state index contributed by atoms with van der Waals surface area (Å²) < 4.78 is 67.8. The average molecular weight is 283 g/mol. The van der Waals surface area contributed by atoms with Crippen LogP contribution in [0.3, 0.4) is 0 Å². The first kappa shape index (κ1) is 15.7. The SMILES string of the molecule is CC(C)Oc1ccc(C(N)C(F)(F)C(F)(F)F)cc1. The second kappa shape index (κ2) is 5.32. The first-order valence-corrected chi connectivity index (χ1v) is 5.52. The van der Waals surface area contributed by atoms with E-state index in [1.807, 2.05) is 0 Å². The molecule has 0 spiro atoms. The highest BCUT2D eigenvalue weighted by molar-refractivity contribution is 5.30. The highest BCUT2D eigenvalue weighted by Crippen LogP contribution is 2.43. The molecule has 1 aromatic rings. The van der Waals surface area contributed by atoms with Gasteiger partial charge in [0.25, 0.3) is 0 Å². The first-order valence-electron chi connectivity index (χ1n) is 5.52. The monoisotopic (exact) mass is 283 g/mol. The molecule has 19 heavy (non-hydrogen) atoms. The van der Waals surface area contributed by atoms with Crippen molar-refractivity contribution in [2.24, 2.45) is 5.73 Å². The fraction of sp³-hybridized carbons (Fsp3) is 0.500. The summed E-state index contributed by atoms with van der Waals surface area (Å²) in [5.41, 5.74) is 4.69. The summed E-state index contributed by atoms with van der Waals surface area (Å²) in [6.45, 7) is 3.52. The van der Waals surface area contributed by atoms with Crippen molar-refractivity contribution in [2.45, 2.75) is 38.1 Å². The fourth-order valence-electron chi connectivity index (χ4n) is 1.41. The van der Waals surface area contributed by atoms with E-state index >= 15 is 0 Å². The topological polar surface area (TPSA) is 35.2 Å². The minimum atomic E-state index is -5.68. The van der Waals surface area contributed by atoms with Gasteiger partial charge in [-0.25, -0.2) is 0 Å². The van der Waals surface area contributed by atoms with E-state index in [0.29, 0.717) is 5.75 Å². The van der Waals surface area contributed by atoms with Gasteiger partial charge in [0, 0.05) is 0 Å². The van der Waals surface area contributed by atoms with Crippen molar-refractivity contribution in [3.63, 3.8) is 0 Å². The Kier molecular flexibility index (Phi) is 4.39. The van der Waals surface area contributed by atoms with Crippen molar-refractivity contribution in [2.75, 3.05) is 0 Å². The molecule has 2 nitrogen and oxygen atoms in total. The second-order valence-electron chi connectivity index (χ2n) is 4.33. The summed E-state index contributed by atoms with van der Waals surface area (Å²) in [6, 6.07) is 2.37. The van der Waals surface area contributed by atoms with Crippen LogP contribution in [0.4, 0.5) is 22.0 Å². The molecule has 0 amide bonds. The van der Waals surface area contributed by atoms with Crippen LogP contribution in [-0.2, 0) is 0 Å². The third kappa shape index (κ3) is 3.56. The molecule has 0 aliphatic rings. The Balaban J connectivity index is 2.92. The van der Waals surface area contributed by atoms with Gasteiger partial charge in [-0.1, -0.05) is 12.1 Å². The number of ether oxygens (including phenoxy) is 1. The van der Waals surface area contributed by atoms with E-state index in [1.165, 1.54) is 12.1 Å². The predicted octanol–water partition coefficient (Wildman–Crippen LogP) is 3.67. The highest BCUT2D eigenvalue weighted by Gasteiger charge is 2.61. The number of alkyl halides is 5. The number of nitrogens with two attached hydrogens (primary N) is 1. The maximum atomic E-state index is 13.0. The van der Waals surface area contributed by atoms with Gasteiger partial charge in [0.15, 0.2) is 0 Å². The van der Waals surface area contributed by atoms with E-state index in [2.05, 4.69) is 0 Å². The predicted molar refractivity (Wildman–Crippen MR) is 60.1 cm³/mol. The number of rotatable bonds is 4. The molecule has 2 N–H and O–H groups in total. The van der Waals surface area contributed by atoms with Crippen LogP contribution in [-0.4, -0.2) is 18.2 Å². The molecule has 1 rings (SSSR count). The van der Waals surface area contributed by atoms with Crippen LogP contribution in [0.25, 0.3) is 0 Å². The molecule has 0 bridgehead atoms. The normalized spacial score (nSPS) is 14.6. The fourth-order valence-corrected chi connectivity index (χ4v) is 1.41. The number of benzene rings is 1.